The van der Waals surface area contributed by atoms with Crippen LogP contribution in [0.1, 0.15) is 34.1 Å². The van der Waals surface area contributed by atoms with Gasteiger partial charge in [0.15, 0.2) is 5.78 Å². The van der Waals surface area contributed by atoms with Gasteiger partial charge in [0.05, 0.1) is 0 Å². The van der Waals surface area contributed by atoms with E-state index >= 15 is 0 Å². The van der Waals surface area contributed by atoms with Gasteiger partial charge in [-0.1, -0.05) is 27.7 Å². The van der Waals surface area contributed by atoms with E-state index in [1.165, 1.54) is 0 Å². The number of Topliss-reactive ketones (excluding diaryl/α,β-unsaturated/α-hetero) is 1. The van der Waals surface area contributed by atoms with E-state index in [0.29, 0.717) is 0 Å². The maximum Gasteiger partial charge on any atom is 0.170 e. The number of carbonyl (C=O) groups excluding carboxylic acids is 1. The van der Waals surface area contributed by atoms with Crippen LogP contribution >= 0.6 is 0 Å². The number of fused-ring (bicyclic) bond motifs is 1. The maximum absolute atomic E-state index is 11.8. The van der Waals surface area contributed by atoms with Gasteiger partial charge in [-0.2, -0.15) is 0 Å². The Morgan fingerprint density at radius 3 is 2.08 bits per heavy atom. The van der Waals surface area contributed by atoms with Gasteiger partial charge in [-0.15, -0.1) is 0 Å². The molecule has 68 valence electrons. The Balaban J connectivity index is 2.39. The fourth-order valence-corrected chi connectivity index (χ4v) is 2.82. The highest BCUT2D eigenvalue weighted by atomic mass is 16.3. The third-order valence-corrected chi connectivity index (χ3v) is 3.95. The molecule has 2 atom stereocenters. The van der Waals surface area contributed by atoms with Gasteiger partial charge < -0.3 is 5.11 Å². The molecule has 2 rings (SSSR count). The highest BCUT2D eigenvalue weighted by molar-refractivity contribution is 5.99. The zero-order chi connectivity index (χ0) is 9.36. The van der Waals surface area contributed by atoms with Crippen LogP contribution in [0, 0.1) is 16.7 Å². The van der Waals surface area contributed by atoms with Crippen molar-refractivity contribution in [2.45, 2.75) is 39.7 Å². The maximum atomic E-state index is 11.8. The van der Waals surface area contributed by atoms with E-state index in [4.69, 9.17) is 0 Å². The first-order chi connectivity index (χ1) is 5.24. The lowest BCUT2D eigenvalue weighted by Crippen LogP contribution is -2.35. The van der Waals surface area contributed by atoms with Crippen molar-refractivity contribution in [3.8, 4) is 0 Å². The summed E-state index contributed by atoms with van der Waals surface area (Å²) in [7, 11) is 0. The van der Waals surface area contributed by atoms with Crippen LogP contribution in [0.3, 0.4) is 0 Å². The second-order valence-corrected chi connectivity index (χ2v) is 5.46. The first-order valence-corrected chi connectivity index (χ1v) is 4.52. The van der Waals surface area contributed by atoms with Gasteiger partial charge in [0, 0.05) is 16.7 Å². The van der Waals surface area contributed by atoms with E-state index < -0.39 is 5.60 Å². The molecule has 0 aromatic carbocycles. The molecule has 0 radical (unpaired) electrons. The second kappa shape index (κ2) is 1.63. The van der Waals surface area contributed by atoms with Gasteiger partial charge in [0.1, 0.15) is 5.60 Å². The third-order valence-electron chi connectivity index (χ3n) is 3.95. The first kappa shape index (κ1) is 8.24. The van der Waals surface area contributed by atoms with E-state index in [9.17, 15) is 9.90 Å². The van der Waals surface area contributed by atoms with Crippen molar-refractivity contribution in [1.82, 2.24) is 0 Å². The molecule has 0 aromatic heterocycles. The van der Waals surface area contributed by atoms with Crippen LogP contribution in [0.2, 0.25) is 0 Å². The largest absolute Gasteiger partial charge is 0.381 e. The van der Waals surface area contributed by atoms with Crippen molar-refractivity contribution in [3.63, 3.8) is 0 Å². The van der Waals surface area contributed by atoms with Gasteiger partial charge in [0.2, 0.25) is 0 Å². The van der Waals surface area contributed by atoms with Crippen LogP contribution in [0.25, 0.3) is 0 Å². The monoisotopic (exact) mass is 168 g/mol. The fraction of sp³-hybridized carbons (Fsp3) is 0.900. The van der Waals surface area contributed by atoms with Crippen molar-refractivity contribution >= 4 is 5.78 Å². The van der Waals surface area contributed by atoms with Gasteiger partial charge in [-0.3, -0.25) is 4.79 Å². The zero-order valence-corrected chi connectivity index (χ0v) is 8.14. The summed E-state index contributed by atoms with van der Waals surface area (Å²) in [5.74, 6) is 0.248. The fourth-order valence-electron chi connectivity index (χ4n) is 2.82. The average molecular weight is 168 g/mol. The predicted molar refractivity (Wildman–Crippen MR) is 45.6 cm³/mol. The molecule has 2 nitrogen and oxygen atoms in total. The standard InChI is InChI=1S/C10H16O2/c1-8(2)5-6-9(3,4)10(6,12)7(8)11/h6,12H,5H2,1-4H3. The van der Waals surface area contributed by atoms with Crippen LogP contribution in [0.4, 0.5) is 0 Å². The number of aliphatic hydroxyl groups is 1. The van der Waals surface area contributed by atoms with Crippen molar-refractivity contribution in [1.29, 1.82) is 0 Å². The molecule has 0 aromatic rings. The minimum Gasteiger partial charge on any atom is -0.381 e. The molecule has 0 spiro atoms. The lowest BCUT2D eigenvalue weighted by atomic mass is 9.80. The summed E-state index contributed by atoms with van der Waals surface area (Å²) in [6.45, 7) is 7.81. The van der Waals surface area contributed by atoms with Crippen molar-refractivity contribution in [2.24, 2.45) is 16.7 Å². The van der Waals surface area contributed by atoms with Crippen molar-refractivity contribution < 1.29 is 9.90 Å². The second-order valence-electron chi connectivity index (χ2n) is 5.46. The molecular weight excluding hydrogens is 152 g/mol. The molecule has 12 heavy (non-hydrogen) atoms. The van der Waals surface area contributed by atoms with Crippen LogP contribution in [-0.4, -0.2) is 16.5 Å². The Hall–Kier alpha value is -0.370. The molecule has 2 aliphatic rings. The van der Waals surface area contributed by atoms with Gasteiger partial charge in [-0.25, -0.2) is 0 Å². The third kappa shape index (κ3) is 0.565. The summed E-state index contributed by atoms with van der Waals surface area (Å²) < 4.78 is 0. The normalized spacial score (nSPS) is 47.4. The van der Waals surface area contributed by atoms with Crippen molar-refractivity contribution in [2.75, 3.05) is 0 Å². The smallest absolute Gasteiger partial charge is 0.170 e. The Bertz CT molecular complexity index is 265. The van der Waals surface area contributed by atoms with Gasteiger partial charge in [0.25, 0.3) is 0 Å². The molecule has 1 N–H and O–H groups in total. The molecule has 0 amide bonds. The Kier molecular flexibility index (Phi) is 1.12. The summed E-state index contributed by atoms with van der Waals surface area (Å²) in [5, 5.41) is 10.1. The van der Waals surface area contributed by atoms with Crippen molar-refractivity contribution in [3.05, 3.63) is 0 Å². The van der Waals surface area contributed by atoms with Crippen LogP contribution in [0.5, 0.6) is 0 Å². The lowest BCUT2D eigenvalue weighted by molar-refractivity contribution is -0.137. The van der Waals surface area contributed by atoms with E-state index in [1.54, 1.807) is 0 Å². The topological polar surface area (TPSA) is 37.3 Å². The zero-order valence-electron chi connectivity index (χ0n) is 8.14. The highest BCUT2D eigenvalue weighted by Crippen LogP contribution is 2.71. The SMILES string of the molecule is CC1(C)CC2C(C)(C)C2(O)C1=O. The molecule has 2 unspecified atom stereocenters. The predicted octanol–water partition coefficient (Wildman–Crippen LogP) is 1.37. The molecule has 2 aliphatic carbocycles. The Morgan fingerprint density at radius 1 is 1.33 bits per heavy atom. The average Bonchev–Trinajstić information content (AvgIpc) is 2.22. The minimum atomic E-state index is -0.990. The molecule has 0 saturated heterocycles. The van der Waals surface area contributed by atoms with Gasteiger partial charge in [-0.05, 0) is 6.42 Å². The highest BCUT2D eigenvalue weighted by Gasteiger charge is 2.81. The number of rotatable bonds is 0. The minimum absolute atomic E-state index is 0.0463. The molecule has 0 bridgehead atoms. The molecule has 2 fully saturated rings. The van der Waals surface area contributed by atoms with E-state index in [1.807, 2.05) is 27.7 Å². The molecule has 0 heterocycles. The summed E-state index contributed by atoms with van der Waals surface area (Å²) in [4.78, 5) is 11.8. The molecule has 0 aliphatic heterocycles. The summed E-state index contributed by atoms with van der Waals surface area (Å²) in [5.41, 5.74) is -1.45. The van der Waals surface area contributed by atoms with E-state index in [0.717, 1.165) is 6.42 Å². The quantitative estimate of drug-likeness (QED) is 0.593. The van der Waals surface area contributed by atoms with E-state index in [2.05, 4.69) is 0 Å². The Labute approximate surface area is 73.0 Å². The van der Waals surface area contributed by atoms with Gasteiger partial charge >= 0.3 is 0 Å². The summed E-state index contributed by atoms with van der Waals surface area (Å²) in [6.07, 6.45) is 0.843. The lowest BCUT2D eigenvalue weighted by Gasteiger charge is -2.24. The molecule has 2 heteroatoms. The van der Waals surface area contributed by atoms with Crippen LogP contribution < -0.4 is 0 Å². The number of hydrogen-bond acceptors (Lipinski definition) is 2. The number of ketones is 1. The first-order valence-electron chi connectivity index (χ1n) is 4.52. The summed E-state index contributed by atoms with van der Waals surface area (Å²) in [6, 6.07) is 0. The molecule has 2 saturated carbocycles. The number of hydrogen-bond donors (Lipinski definition) is 1. The number of carbonyl (C=O) groups is 1. The van der Waals surface area contributed by atoms with E-state index in [-0.39, 0.29) is 22.5 Å². The summed E-state index contributed by atoms with van der Waals surface area (Å²) >= 11 is 0. The van der Waals surface area contributed by atoms with Crippen LogP contribution in [0.15, 0.2) is 0 Å². The Morgan fingerprint density at radius 2 is 1.83 bits per heavy atom. The molecular formula is C10H16O2. The van der Waals surface area contributed by atoms with Crippen LogP contribution in [-0.2, 0) is 4.79 Å².